The van der Waals surface area contributed by atoms with Gasteiger partial charge in [0, 0.05) is 32.3 Å². The van der Waals surface area contributed by atoms with Gasteiger partial charge in [-0.15, -0.1) is 24.0 Å². The van der Waals surface area contributed by atoms with Crippen molar-refractivity contribution in [1.29, 1.82) is 0 Å². The van der Waals surface area contributed by atoms with Crippen LogP contribution in [0.5, 0.6) is 5.75 Å². The third-order valence-electron chi connectivity index (χ3n) is 5.24. The molecule has 1 aliphatic heterocycles. The molecule has 1 aromatic carbocycles. The second-order valence-electron chi connectivity index (χ2n) is 7.58. The van der Waals surface area contributed by atoms with Crippen LogP contribution in [0.4, 0.5) is 0 Å². The standard InChI is InChI=1S/C22H30N8O2.HI/c1-4-23-22(25-17-5-10-21-26-20(15-31-2)28-30(21)14-17)24-13-16-11-12-29(27-16)18-6-8-19(32-3)9-7-18;/h6-9,11-12,17H,4-5,10,13-15H2,1-3H3,(H2,23,24,25);1H. The van der Waals surface area contributed by atoms with E-state index in [-0.39, 0.29) is 30.0 Å². The Labute approximate surface area is 210 Å². The molecule has 0 saturated carbocycles. The molecule has 0 fully saturated rings. The van der Waals surface area contributed by atoms with Crippen molar-refractivity contribution < 1.29 is 9.47 Å². The molecule has 4 rings (SSSR count). The number of halogens is 1. The molecular weight excluding hydrogens is 535 g/mol. The summed E-state index contributed by atoms with van der Waals surface area (Å²) >= 11 is 0. The maximum Gasteiger partial charge on any atom is 0.191 e. The lowest BCUT2D eigenvalue weighted by atomic mass is 10.1. The summed E-state index contributed by atoms with van der Waals surface area (Å²) in [6, 6.07) is 10.0. The molecule has 3 aromatic rings. The molecule has 2 N–H and O–H groups in total. The van der Waals surface area contributed by atoms with Gasteiger partial charge in [0.1, 0.15) is 18.2 Å². The van der Waals surface area contributed by atoms with Crippen LogP contribution in [-0.4, -0.2) is 57.3 Å². The Bertz CT molecular complexity index is 1050. The minimum absolute atomic E-state index is 0. The van der Waals surface area contributed by atoms with Crippen molar-refractivity contribution >= 4 is 29.9 Å². The van der Waals surface area contributed by atoms with Gasteiger partial charge in [0.25, 0.3) is 0 Å². The quantitative estimate of drug-likeness (QED) is 0.245. The first-order valence-electron chi connectivity index (χ1n) is 10.8. The second kappa shape index (κ2) is 12.0. The molecule has 0 radical (unpaired) electrons. The fraction of sp³-hybridized carbons (Fsp3) is 0.455. The van der Waals surface area contributed by atoms with Crippen molar-refractivity contribution in [1.82, 2.24) is 35.2 Å². The van der Waals surface area contributed by atoms with E-state index in [1.165, 1.54) is 0 Å². The summed E-state index contributed by atoms with van der Waals surface area (Å²) in [5, 5.41) is 16.0. The smallest absolute Gasteiger partial charge is 0.191 e. The number of hydrogen-bond acceptors (Lipinski definition) is 6. The van der Waals surface area contributed by atoms with E-state index in [0.29, 0.717) is 13.2 Å². The highest BCUT2D eigenvalue weighted by Crippen LogP contribution is 2.15. The molecule has 1 aliphatic rings. The summed E-state index contributed by atoms with van der Waals surface area (Å²) in [5.41, 5.74) is 1.87. The maximum absolute atomic E-state index is 5.22. The number of hydrogen-bond donors (Lipinski definition) is 2. The minimum Gasteiger partial charge on any atom is -0.497 e. The predicted molar refractivity (Wildman–Crippen MR) is 136 cm³/mol. The number of aryl methyl sites for hydroxylation is 1. The molecule has 3 heterocycles. The van der Waals surface area contributed by atoms with Gasteiger partial charge in [-0.2, -0.15) is 10.2 Å². The van der Waals surface area contributed by atoms with E-state index < -0.39 is 0 Å². The summed E-state index contributed by atoms with van der Waals surface area (Å²) < 4.78 is 14.2. The zero-order chi connectivity index (χ0) is 22.3. The molecule has 0 aliphatic carbocycles. The van der Waals surface area contributed by atoms with E-state index in [1.54, 1.807) is 14.2 Å². The molecule has 0 saturated heterocycles. The van der Waals surface area contributed by atoms with Crippen molar-refractivity contribution in [3.8, 4) is 11.4 Å². The number of benzene rings is 1. The number of aliphatic imine (C=N–C) groups is 1. The van der Waals surface area contributed by atoms with Crippen LogP contribution >= 0.6 is 24.0 Å². The third-order valence-corrected chi connectivity index (χ3v) is 5.24. The van der Waals surface area contributed by atoms with Gasteiger partial charge in [-0.25, -0.2) is 19.3 Å². The van der Waals surface area contributed by atoms with Gasteiger partial charge in [0.05, 0.1) is 31.6 Å². The number of ether oxygens (including phenoxy) is 2. The normalized spacial score (nSPS) is 15.5. The summed E-state index contributed by atoms with van der Waals surface area (Å²) in [7, 11) is 3.31. The van der Waals surface area contributed by atoms with Crippen molar-refractivity contribution in [2.24, 2.45) is 4.99 Å². The van der Waals surface area contributed by atoms with E-state index in [2.05, 4.69) is 32.7 Å². The molecule has 1 unspecified atom stereocenters. The average molecular weight is 566 g/mol. The number of nitrogens with zero attached hydrogens (tertiary/aromatic N) is 6. The lowest BCUT2D eigenvalue weighted by molar-refractivity contribution is 0.177. The summed E-state index contributed by atoms with van der Waals surface area (Å²) in [4.78, 5) is 9.28. The van der Waals surface area contributed by atoms with Crippen LogP contribution in [0.1, 0.15) is 30.7 Å². The van der Waals surface area contributed by atoms with Crippen LogP contribution in [0.3, 0.4) is 0 Å². The molecule has 2 aromatic heterocycles. The Balaban J connectivity index is 0.00000306. The van der Waals surface area contributed by atoms with E-state index in [9.17, 15) is 0 Å². The highest BCUT2D eigenvalue weighted by atomic mass is 127. The second-order valence-corrected chi connectivity index (χ2v) is 7.58. The fourth-order valence-corrected chi connectivity index (χ4v) is 3.67. The first kappa shape index (κ1) is 25.0. The van der Waals surface area contributed by atoms with E-state index in [0.717, 1.165) is 60.7 Å². The number of rotatable bonds is 8. The Hall–Kier alpha value is -2.67. The van der Waals surface area contributed by atoms with Gasteiger partial charge < -0.3 is 20.1 Å². The fourth-order valence-electron chi connectivity index (χ4n) is 3.67. The van der Waals surface area contributed by atoms with Gasteiger partial charge in [0.15, 0.2) is 11.8 Å². The van der Waals surface area contributed by atoms with Gasteiger partial charge in [-0.05, 0) is 43.7 Å². The monoisotopic (exact) mass is 566 g/mol. The average Bonchev–Trinajstić information content (AvgIpc) is 3.44. The van der Waals surface area contributed by atoms with Crippen molar-refractivity contribution in [2.45, 2.75) is 45.5 Å². The van der Waals surface area contributed by atoms with Crippen LogP contribution in [-0.2, 0) is 30.9 Å². The molecule has 11 heteroatoms. The van der Waals surface area contributed by atoms with E-state index >= 15 is 0 Å². The molecular formula is C22H31IN8O2. The van der Waals surface area contributed by atoms with Crippen LogP contribution in [0.2, 0.25) is 0 Å². The van der Waals surface area contributed by atoms with Crippen molar-refractivity contribution in [3.63, 3.8) is 0 Å². The Morgan fingerprint density at radius 2 is 2.00 bits per heavy atom. The maximum atomic E-state index is 5.22. The van der Waals surface area contributed by atoms with Gasteiger partial charge in [-0.3, -0.25) is 0 Å². The van der Waals surface area contributed by atoms with Crippen molar-refractivity contribution in [2.75, 3.05) is 20.8 Å². The lowest BCUT2D eigenvalue weighted by Crippen LogP contribution is -2.47. The molecule has 0 spiro atoms. The number of aromatic nitrogens is 5. The van der Waals surface area contributed by atoms with Crippen molar-refractivity contribution in [3.05, 3.63) is 53.9 Å². The van der Waals surface area contributed by atoms with Gasteiger partial charge >= 0.3 is 0 Å². The first-order valence-corrected chi connectivity index (χ1v) is 10.8. The summed E-state index contributed by atoms with van der Waals surface area (Å²) in [6.07, 6.45) is 3.79. The summed E-state index contributed by atoms with van der Waals surface area (Å²) in [5.74, 6) is 3.34. The van der Waals surface area contributed by atoms with Crippen LogP contribution in [0, 0.1) is 0 Å². The largest absolute Gasteiger partial charge is 0.497 e. The zero-order valence-corrected chi connectivity index (χ0v) is 21.5. The Morgan fingerprint density at radius 3 is 2.73 bits per heavy atom. The molecule has 178 valence electrons. The Kier molecular flexibility index (Phi) is 9.06. The number of guanidine groups is 1. The first-order chi connectivity index (χ1) is 15.7. The molecule has 0 bridgehead atoms. The number of methoxy groups -OCH3 is 2. The molecule has 33 heavy (non-hydrogen) atoms. The van der Waals surface area contributed by atoms with Crippen LogP contribution < -0.4 is 15.4 Å². The van der Waals surface area contributed by atoms with Crippen LogP contribution in [0.15, 0.2) is 41.5 Å². The molecule has 0 amide bonds. The molecule has 1 atom stereocenters. The topological polar surface area (TPSA) is 103 Å². The van der Waals surface area contributed by atoms with E-state index in [1.807, 2.05) is 45.9 Å². The highest BCUT2D eigenvalue weighted by molar-refractivity contribution is 14.0. The van der Waals surface area contributed by atoms with Gasteiger partial charge in [0.2, 0.25) is 0 Å². The number of fused-ring (bicyclic) bond motifs is 1. The predicted octanol–water partition coefficient (Wildman–Crippen LogP) is 2.31. The minimum atomic E-state index is 0. The summed E-state index contributed by atoms with van der Waals surface area (Å²) in [6.45, 7) is 4.51. The van der Waals surface area contributed by atoms with Crippen LogP contribution in [0.25, 0.3) is 5.69 Å². The third kappa shape index (κ3) is 6.44. The highest BCUT2D eigenvalue weighted by Gasteiger charge is 2.22. The van der Waals surface area contributed by atoms with E-state index in [4.69, 9.17) is 14.5 Å². The zero-order valence-electron chi connectivity index (χ0n) is 19.2. The SMILES string of the molecule is CCNC(=NCc1ccn(-c2ccc(OC)cc2)n1)NC1CCc2nc(COC)nn2C1.I. The molecule has 10 nitrogen and oxygen atoms in total. The lowest BCUT2D eigenvalue weighted by Gasteiger charge is -2.25. The number of nitrogens with one attached hydrogen (secondary N) is 2. The Morgan fingerprint density at radius 1 is 1.18 bits per heavy atom. The van der Waals surface area contributed by atoms with Gasteiger partial charge in [-0.1, -0.05) is 0 Å².